The number of aromatic amines is 1. The number of carbonyl (C=O) groups is 1. The second kappa shape index (κ2) is 7.93. The molecule has 1 aliphatic heterocycles. The van der Waals surface area contributed by atoms with Gasteiger partial charge in [-0.1, -0.05) is 36.6 Å². The topological polar surface area (TPSA) is 97.1 Å². The second-order valence-electron chi connectivity index (χ2n) is 8.10. The monoisotopic (exact) mass is 407 g/mol. The Labute approximate surface area is 174 Å². The number of methoxy groups -OCH3 is 1. The molecule has 3 aromatic rings. The van der Waals surface area contributed by atoms with Crippen LogP contribution < -0.4 is 4.74 Å². The molecular weight excluding hydrogens is 382 g/mol. The van der Waals surface area contributed by atoms with Crippen molar-refractivity contribution in [3.8, 4) is 28.6 Å². The summed E-state index contributed by atoms with van der Waals surface area (Å²) in [7, 11) is 1.64. The van der Waals surface area contributed by atoms with Crippen LogP contribution in [0, 0.1) is 0 Å². The summed E-state index contributed by atoms with van der Waals surface area (Å²) >= 11 is 0. The Morgan fingerprint density at radius 1 is 1.20 bits per heavy atom. The molecule has 8 nitrogen and oxygen atoms in total. The maximum atomic E-state index is 12.6. The molecule has 1 unspecified atom stereocenters. The number of hydrogen-bond acceptors (Lipinski definition) is 6. The van der Waals surface area contributed by atoms with E-state index in [2.05, 4.69) is 20.3 Å². The van der Waals surface area contributed by atoms with Crippen molar-refractivity contribution in [2.45, 2.75) is 50.5 Å². The van der Waals surface area contributed by atoms with E-state index in [4.69, 9.17) is 9.26 Å². The number of rotatable bonds is 5. The molecule has 1 N–H and O–H groups in total. The highest BCUT2D eigenvalue weighted by atomic mass is 16.5. The van der Waals surface area contributed by atoms with E-state index in [1.54, 1.807) is 7.11 Å². The lowest BCUT2D eigenvalue weighted by molar-refractivity contribution is -0.130. The predicted octanol–water partition coefficient (Wildman–Crippen LogP) is 3.78. The zero-order chi connectivity index (χ0) is 20.5. The van der Waals surface area contributed by atoms with Crippen molar-refractivity contribution in [2.24, 2.45) is 0 Å². The molecule has 1 amide bonds. The van der Waals surface area contributed by atoms with Gasteiger partial charge in [-0.3, -0.25) is 9.89 Å². The van der Waals surface area contributed by atoms with Crippen molar-refractivity contribution in [1.82, 2.24) is 25.2 Å². The Morgan fingerprint density at radius 2 is 2.07 bits per heavy atom. The van der Waals surface area contributed by atoms with Crippen LogP contribution in [0.15, 0.2) is 34.9 Å². The summed E-state index contributed by atoms with van der Waals surface area (Å²) < 4.78 is 10.8. The minimum absolute atomic E-state index is 0.0160. The van der Waals surface area contributed by atoms with Crippen molar-refractivity contribution in [3.63, 3.8) is 0 Å². The van der Waals surface area contributed by atoms with Crippen LogP contribution in [0.2, 0.25) is 0 Å². The van der Waals surface area contributed by atoms with E-state index in [0.717, 1.165) is 29.8 Å². The van der Waals surface area contributed by atoms with Crippen LogP contribution in [0.1, 0.15) is 50.3 Å². The summed E-state index contributed by atoms with van der Waals surface area (Å²) in [5.74, 6) is 1.94. The van der Waals surface area contributed by atoms with Gasteiger partial charge in [0.1, 0.15) is 11.4 Å². The lowest BCUT2D eigenvalue weighted by Gasteiger charge is -2.31. The molecule has 0 bridgehead atoms. The van der Waals surface area contributed by atoms with Crippen LogP contribution in [0.25, 0.3) is 22.8 Å². The number of hydrogen-bond donors (Lipinski definition) is 1. The number of H-pyrrole nitrogens is 1. The number of likely N-dealkylation sites (tertiary alicyclic amines) is 1. The molecule has 2 fully saturated rings. The average Bonchev–Trinajstić information content (AvgIpc) is 3.53. The van der Waals surface area contributed by atoms with Crippen LogP contribution in [-0.4, -0.2) is 50.8 Å². The van der Waals surface area contributed by atoms with E-state index in [1.165, 1.54) is 19.3 Å². The molecule has 1 atom stereocenters. The summed E-state index contributed by atoms with van der Waals surface area (Å²) in [5.41, 5.74) is 2.35. The van der Waals surface area contributed by atoms with E-state index in [0.29, 0.717) is 36.4 Å². The highest BCUT2D eigenvalue weighted by Crippen LogP contribution is 2.33. The fourth-order valence-corrected chi connectivity index (χ4v) is 4.52. The molecule has 1 saturated heterocycles. The molecule has 1 aromatic carbocycles. The standard InChI is InChI=1S/C22H25N5O3/c1-29-17-9-5-6-14(10-17)18-12-19(25-24-18)22-23-21(26-30-22)15-11-20(28)27(13-15)16-7-3-2-4-8-16/h5-6,9-10,12,15-16H,2-4,7-8,11,13H2,1H3,(H,24,25). The third kappa shape index (κ3) is 3.58. The summed E-state index contributed by atoms with van der Waals surface area (Å²) in [6.07, 6.45) is 6.36. The maximum Gasteiger partial charge on any atom is 0.275 e. The zero-order valence-electron chi connectivity index (χ0n) is 17.0. The Hall–Kier alpha value is -3.16. The summed E-state index contributed by atoms with van der Waals surface area (Å²) in [6.45, 7) is 0.681. The third-order valence-corrected chi connectivity index (χ3v) is 6.15. The first-order valence-electron chi connectivity index (χ1n) is 10.5. The number of aromatic nitrogens is 4. The molecule has 0 radical (unpaired) electrons. The summed E-state index contributed by atoms with van der Waals surface area (Å²) in [5, 5.41) is 11.5. The van der Waals surface area contributed by atoms with Crippen LogP contribution in [-0.2, 0) is 4.79 Å². The average molecular weight is 407 g/mol. The normalized spacial score (nSPS) is 20.1. The summed E-state index contributed by atoms with van der Waals surface area (Å²) in [6, 6.07) is 9.94. The first-order valence-corrected chi connectivity index (χ1v) is 10.5. The van der Waals surface area contributed by atoms with Gasteiger partial charge in [0.2, 0.25) is 5.91 Å². The van der Waals surface area contributed by atoms with Gasteiger partial charge in [-0.2, -0.15) is 10.1 Å². The largest absolute Gasteiger partial charge is 0.497 e. The van der Waals surface area contributed by atoms with Crippen LogP contribution in [0.5, 0.6) is 5.75 Å². The van der Waals surface area contributed by atoms with Gasteiger partial charge in [0.15, 0.2) is 5.82 Å². The number of ether oxygens (including phenoxy) is 1. The molecule has 156 valence electrons. The van der Waals surface area contributed by atoms with Gasteiger partial charge in [-0.15, -0.1) is 0 Å². The molecule has 1 saturated carbocycles. The number of nitrogens with zero attached hydrogens (tertiary/aromatic N) is 4. The second-order valence-corrected chi connectivity index (χ2v) is 8.10. The lowest BCUT2D eigenvalue weighted by atomic mass is 9.94. The van der Waals surface area contributed by atoms with E-state index >= 15 is 0 Å². The molecule has 5 rings (SSSR count). The van der Waals surface area contributed by atoms with Crippen molar-refractivity contribution >= 4 is 5.91 Å². The molecule has 1 aliphatic carbocycles. The minimum atomic E-state index is -0.0160. The molecule has 8 heteroatoms. The number of nitrogens with one attached hydrogen (secondary N) is 1. The Balaban J connectivity index is 1.31. The molecule has 2 aliphatic rings. The quantitative estimate of drug-likeness (QED) is 0.691. The Kier molecular flexibility index (Phi) is 4.98. The zero-order valence-corrected chi connectivity index (χ0v) is 17.0. The highest BCUT2D eigenvalue weighted by Gasteiger charge is 2.37. The fraction of sp³-hybridized carbons (Fsp3) is 0.455. The summed E-state index contributed by atoms with van der Waals surface area (Å²) in [4.78, 5) is 19.2. The highest BCUT2D eigenvalue weighted by molar-refractivity contribution is 5.80. The number of benzene rings is 1. The van der Waals surface area contributed by atoms with Gasteiger partial charge >= 0.3 is 0 Å². The molecule has 30 heavy (non-hydrogen) atoms. The first-order chi connectivity index (χ1) is 14.7. The van der Waals surface area contributed by atoms with Crippen molar-refractivity contribution in [1.29, 1.82) is 0 Å². The first kappa shape index (κ1) is 18.8. The van der Waals surface area contributed by atoms with Crippen LogP contribution in [0.4, 0.5) is 0 Å². The van der Waals surface area contributed by atoms with Gasteiger partial charge < -0.3 is 14.2 Å². The molecule has 2 aromatic heterocycles. The third-order valence-electron chi connectivity index (χ3n) is 6.15. The fourth-order valence-electron chi connectivity index (χ4n) is 4.52. The van der Waals surface area contributed by atoms with E-state index in [9.17, 15) is 4.79 Å². The minimum Gasteiger partial charge on any atom is -0.497 e. The van der Waals surface area contributed by atoms with E-state index < -0.39 is 0 Å². The smallest absolute Gasteiger partial charge is 0.275 e. The Bertz CT molecular complexity index is 1040. The van der Waals surface area contributed by atoms with Crippen molar-refractivity contribution in [2.75, 3.05) is 13.7 Å². The molecule has 0 spiro atoms. The molecule has 3 heterocycles. The van der Waals surface area contributed by atoms with Crippen LogP contribution in [0.3, 0.4) is 0 Å². The van der Waals surface area contributed by atoms with Gasteiger partial charge in [-0.05, 0) is 31.0 Å². The van der Waals surface area contributed by atoms with E-state index in [-0.39, 0.29) is 11.8 Å². The van der Waals surface area contributed by atoms with Crippen molar-refractivity contribution in [3.05, 3.63) is 36.2 Å². The Morgan fingerprint density at radius 3 is 2.90 bits per heavy atom. The SMILES string of the molecule is COc1cccc(-c2cc(-c3nc(C4CC(=O)N(C5CCCCC5)C4)no3)[nH]n2)c1. The predicted molar refractivity (Wildman–Crippen MR) is 110 cm³/mol. The lowest BCUT2D eigenvalue weighted by Crippen LogP contribution is -2.37. The molecular formula is C22H25N5O3. The number of amides is 1. The van der Waals surface area contributed by atoms with E-state index in [1.807, 2.05) is 35.2 Å². The van der Waals surface area contributed by atoms with Gasteiger partial charge in [-0.25, -0.2) is 0 Å². The van der Waals surface area contributed by atoms with Crippen molar-refractivity contribution < 1.29 is 14.1 Å². The van der Waals surface area contributed by atoms with Gasteiger partial charge in [0.25, 0.3) is 5.89 Å². The van der Waals surface area contributed by atoms with Crippen LogP contribution >= 0.6 is 0 Å². The maximum absolute atomic E-state index is 12.6. The van der Waals surface area contributed by atoms with Gasteiger partial charge in [0.05, 0.1) is 12.8 Å². The number of carbonyl (C=O) groups excluding carboxylic acids is 1. The van der Waals surface area contributed by atoms with Gasteiger partial charge in [0, 0.05) is 30.5 Å².